The normalized spacial score (nSPS) is 16.1. The lowest BCUT2D eigenvalue weighted by atomic mass is 10.2. The van der Waals surface area contributed by atoms with E-state index in [1.54, 1.807) is 0 Å². The Labute approximate surface area is 102 Å². The zero-order valence-corrected chi connectivity index (χ0v) is 10.9. The molecule has 5 heteroatoms. The standard InChI is InChI=1S/C12H22N2O3/c1-12(2,3)17-11(16)9-13-8-10(15)14-6-4-5-7-14/h13H,4-9H2,1-3H3. The zero-order chi connectivity index (χ0) is 12.9. The number of rotatable bonds is 4. The fourth-order valence-electron chi connectivity index (χ4n) is 1.73. The Morgan fingerprint density at radius 2 is 1.76 bits per heavy atom. The number of amides is 1. The molecule has 0 radical (unpaired) electrons. The summed E-state index contributed by atoms with van der Waals surface area (Å²) < 4.78 is 5.12. The van der Waals surface area contributed by atoms with E-state index in [-0.39, 0.29) is 25.0 Å². The summed E-state index contributed by atoms with van der Waals surface area (Å²) in [6.07, 6.45) is 2.16. The minimum absolute atomic E-state index is 0.0612. The maximum atomic E-state index is 11.6. The van der Waals surface area contributed by atoms with Gasteiger partial charge in [0.1, 0.15) is 5.60 Å². The van der Waals surface area contributed by atoms with E-state index in [0.29, 0.717) is 0 Å². The number of hydrogen-bond donors (Lipinski definition) is 1. The number of carbonyl (C=O) groups excluding carboxylic acids is 2. The molecule has 0 aromatic carbocycles. The van der Waals surface area contributed by atoms with Gasteiger partial charge in [-0.1, -0.05) is 0 Å². The highest BCUT2D eigenvalue weighted by molar-refractivity contribution is 5.79. The fraction of sp³-hybridized carbons (Fsp3) is 0.833. The highest BCUT2D eigenvalue weighted by atomic mass is 16.6. The van der Waals surface area contributed by atoms with Crippen LogP contribution in [0.1, 0.15) is 33.6 Å². The summed E-state index contributed by atoms with van der Waals surface area (Å²) in [7, 11) is 0. The summed E-state index contributed by atoms with van der Waals surface area (Å²) >= 11 is 0. The predicted molar refractivity (Wildman–Crippen MR) is 64.5 cm³/mol. The van der Waals surface area contributed by atoms with Crippen LogP contribution in [-0.4, -0.2) is 48.6 Å². The van der Waals surface area contributed by atoms with Gasteiger partial charge in [0, 0.05) is 13.1 Å². The summed E-state index contributed by atoms with van der Waals surface area (Å²) in [5.41, 5.74) is -0.474. The molecule has 0 aliphatic carbocycles. The second kappa shape index (κ2) is 6.00. The summed E-state index contributed by atoms with van der Waals surface area (Å²) in [4.78, 5) is 24.8. The molecule has 1 N–H and O–H groups in total. The first-order valence-electron chi connectivity index (χ1n) is 6.09. The van der Waals surface area contributed by atoms with Gasteiger partial charge < -0.3 is 9.64 Å². The number of esters is 1. The van der Waals surface area contributed by atoms with Gasteiger partial charge in [0.15, 0.2) is 0 Å². The predicted octanol–water partition coefficient (Wildman–Crippen LogP) is 0.540. The molecule has 98 valence electrons. The Bertz CT molecular complexity index is 278. The van der Waals surface area contributed by atoms with E-state index in [0.717, 1.165) is 25.9 Å². The largest absolute Gasteiger partial charge is 0.459 e. The van der Waals surface area contributed by atoms with E-state index in [2.05, 4.69) is 5.32 Å². The van der Waals surface area contributed by atoms with E-state index >= 15 is 0 Å². The summed E-state index contributed by atoms with van der Waals surface area (Å²) in [5.74, 6) is -0.266. The Hall–Kier alpha value is -1.10. The van der Waals surface area contributed by atoms with Crippen molar-refractivity contribution in [3.8, 4) is 0 Å². The lowest BCUT2D eigenvalue weighted by Gasteiger charge is -2.20. The SMILES string of the molecule is CC(C)(C)OC(=O)CNCC(=O)N1CCCC1. The Morgan fingerprint density at radius 3 is 2.29 bits per heavy atom. The van der Waals surface area contributed by atoms with Crippen molar-refractivity contribution >= 4 is 11.9 Å². The van der Waals surface area contributed by atoms with Crippen molar-refractivity contribution < 1.29 is 14.3 Å². The average Bonchev–Trinajstić information content (AvgIpc) is 2.66. The molecule has 0 bridgehead atoms. The number of nitrogens with zero attached hydrogens (tertiary/aromatic N) is 1. The molecule has 1 aliphatic rings. The van der Waals surface area contributed by atoms with Crippen molar-refractivity contribution in [2.45, 2.75) is 39.2 Å². The molecule has 1 saturated heterocycles. The first-order valence-corrected chi connectivity index (χ1v) is 6.09. The van der Waals surface area contributed by atoms with Crippen LogP contribution in [0.4, 0.5) is 0 Å². The average molecular weight is 242 g/mol. The summed E-state index contributed by atoms with van der Waals surface area (Å²) in [6.45, 7) is 7.43. The number of likely N-dealkylation sites (tertiary alicyclic amines) is 1. The third kappa shape index (κ3) is 5.68. The van der Waals surface area contributed by atoms with E-state index < -0.39 is 5.60 Å². The van der Waals surface area contributed by atoms with Gasteiger partial charge in [-0.25, -0.2) is 0 Å². The second-order valence-corrected chi connectivity index (χ2v) is 5.28. The van der Waals surface area contributed by atoms with Crippen LogP contribution in [0, 0.1) is 0 Å². The smallest absolute Gasteiger partial charge is 0.320 e. The molecule has 5 nitrogen and oxygen atoms in total. The molecule has 0 unspecified atom stereocenters. The number of nitrogens with one attached hydrogen (secondary N) is 1. The molecule has 17 heavy (non-hydrogen) atoms. The van der Waals surface area contributed by atoms with E-state index in [4.69, 9.17) is 4.74 Å². The van der Waals surface area contributed by atoms with Crippen LogP contribution < -0.4 is 5.32 Å². The van der Waals surface area contributed by atoms with Gasteiger partial charge in [-0.2, -0.15) is 0 Å². The van der Waals surface area contributed by atoms with Gasteiger partial charge >= 0.3 is 5.97 Å². The quantitative estimate of drug-likeness (QED) is 0.731. The van der Waals surface area contributed by atoms with Crippen molar-refractivity contribution in [2.75, 3.05) is 26.2 Å². The van der Waals surface area contributed by atoms with Gasteiger partial charge in [-0.05, 0) is 33.6 Å². The maximum absolute atomic E-state index is 11.6. The molecule has 1 amide bonds. The van der Waals surface area contributed by atoms with E-state index in [1.807, 2.05) is 25.7 Å². The van der Waals surface area contributed by atoms with Crippen molar-refractivity contribution in [2.24, 2.45) is 0 Å². The Balaban J connectivity index is 2.14. The van der Waals surface area contributed by atoms with Gasteiger partial charge in [-0.15, -0.1) is 0 Å². The first kappa shape index (κ1) is 14.0. The van der Waals surface area contributed by atoms with Crippen LogP contribution >= 0.6 is 0 Å². The molecular weight excluding hydrogens is 220 g/mol. The number of carbonyl (C=O) groups is 2. The topological polar surface area (TPSA) is 58.6 Å². The Morgan fingerprint density at radius 1 is 1.18 bits per heavy atom. The summed E-state index contributed by atoms with van der Waals surface area (Å²) in [5, 5.41) is 2.82. The minimum Gasteiger partial charge on any atom is -0.459 e. The highest BCUT2D eigenvalue weighted by Crippen LogP contribution is 2.07. The first-order chi connectivity index (χ1) is 7.88. The highest BCUT2D eigenvalue weighted by Gasteiger charge is 2.19. The van der Waals surface area contributed by atoms with Crippen molar-refractivity contribution in [1.29, 1.82) is 0 Å². The van der Waals surface area contributed by atoms with E-state index in [1.165, 1.54) is 0 Å². The third-order valence-electron chi connectivity index (χ3n) is 2.42. The summed E-state index contributed by atoms with van der Waals surface area (Å²) in [6, 6.07) is 0. The number of hydrogen-bond acceptors (Lipinski definition) is 4. The number of ether oxygens (including phenoxy) is 1. The van der Waals surface area contributed by atoms with Crippen molar-refractivity contribution in [3.05, 3.63) is 0 Å². The third-order valence-corrected chi connectivity index (χ3v) is 2.42. The zero-order valence-electron chi connectivity index (χ0n) is 10.9. The molecule has 0 atom stereocenters. The molecular formula is C12H22N2O3. The van der Waals surface area contributed by atoms with Crippen molar-refractivity contribution in [3.63, 3.8) is 0 Å². The lowest BCUT2D eigenvalue weighted by molar-refractivity contribution is -0.153. The van der Waals surface area contributed by atoms with Gasteiger partial charge in [0.25, 0.3) is 0 Å². The molecule has 0 spiro atoms. The van der Waals surface area contributed by atoms with Gasteiger partial charge in [0.2, 0.25) is 5.91 Å². The second-order valence-electron chi connectivity index (χ2n) is 5.28. The molecule has 1 aliphatic heterocycles. The molecule has 1 heterocycles. The van der Waals surface area contributed by atoms with Crippen LogP contribution in [0.25, 0.3) is 0 Å². The van der Waals surface area contributed by atoms with Crippen molar-refractivity contribution in [1.82, 2.24) is 10.2 Å². The van der Waals surface area contributed by atoms with Crippen LogP contribution in [-0.2, 0) is 14.3 Å². The molecule has 0 saturated carbocycles. The molecule has 0 aromatic rings. The maximum Gasteiger partial charge on any atom is 0.320 e. The Kier molecular flexibility index (Phi) is 4.93. The minimum atomic E-state index is -0.474. The van der Waals surface area contributed by atoms with E-state index in [9.17, 15) is 9.59 Å². The monoisotopic (exact) mass is 242 g/mol. The molecule has 1 rings (SSSR count). The van der Waals surface area contributed by atoms with Crippen LogP contribution in [0.15, 0.2) is 0 Å². The van der Waals surface area contributed by atoms with Crippen LogP contribution in [0.5, 0.6) is 0 Å². The fourth-order valence-corrected chi connectivity index (χ4v) is 1.73. The van der Waals surface area contributed by atoms with Crippen LogP contribution in [0.2, 0.25) is 0 Å². The van der Waals surface area contributed by atoms with Gasteiger partial charge in [0.05, 0.1) is 13.1 Å². The lowest BCUT2D eigenvalue weighted by Crippen LogP contribution is -2.39. The molecule has 0 aromatic heterocycles. The van der Waals surface area contributed by atoms with Gasteiger partial charge in [-0.3, -0.25) is 14.9 Å². The molecule has 1 fully saturated rings. The van der Waals surface area contributed by atoms with Crippen LogP contribution in [0.3, 0.4) is 0 Å².